The summed E-state index contributed by atoms with van der Waals surface area (Å²) >= 11 is 4.77. The number of β-amino-alcohol motifs (C(OH)–C–C–N with tert-alkyl or cyclic N) is 1. The molecule has 1 unspecified atom stereocenters. The lowest BCUT2D eigenvalue weighted by atomic mass is 10.3. The summed E-state index contributed by atoms with van der Waals surface area (Å²) in [5.41, 5.74) is 5.39. The summed E-state index contributed by atoms with van der Waals surface area (Å²) in [5.74, 6) is 0.0997. The summed E-state index contributed by atoms with van der Waals surface area (Å²) in [4.78, 5) is 16.0. The molecule has 3 N–H and O–H groups in total. The maximum absolute atomic E-state index is 11.7. The summed E-state index contributed by atoms with van der Waals surface area (Å²) < 4.78 is 0. The maximum Gasteiger partial charge on any atom is 0.223 e. The van der Waals surface area contributed by atoms with Gasteiger partial charge in [0, 0.05) is 46.1 Å². The molecule has 1 aliphatic heterocycles. The van der Waals surface area contributed by atoms with Crippen molar-refractivity contribution in [1.29, 1.82) is 0 Å². The monoisotopic (exact) mass is 259 g/mol. The van der Waals surface area contributed by atoms with E-state index in [0.29, 0.717) is 37.5 Å². The average Bonchev–Trinajstić information content (AvgIpc) is 2.68. The highest BCUT2D eigenvalue weighted by Crippen LogP contribution is 2.09. The molecule has 0 radical (unpaired) electrons. The minimum absolute atomic E-state index is 0.0997. The molecule has 0 spiro atoms. The standard InChI is InChI=1S/C11H21N3O2S/c1-13(5-3-10(12)17)11(16)4-7-14-6-2-9(15)8-14/h9,15H,2-8H2,1H3,(H2,12,17). The highest BCUT2D eigenvalue weighted by atomic mass is 32.1. The number of amides is 1. The van der Waals surface area contributed by atoms with Crippen molar-refractivity contribution < 1.29 is 9.90 Å². The molecule has 0 bridgehead atoms. The lowest BCUT2D eigenvalue weighted by Crippen LogP contribution is -2.33. The normalized spacial score (nSPS) is 20.5. The smallest absolute Gasteiger partial charge is 0.223 e. The summed E-state index contributed by atoms with van der Waals surface area (Å²) in [5, 5.41) is 9.35. The molecular formula is C11H21N3O2S. The number of hydrogen-bond acceptors (Lipinski definition) is 4. The van der Waals surface area contributed by atoms with E-state index >= 15 is 0 Å². The van der Waals surface area contributed by atoms with Gasteiger partial charge in [0.05, 0.1) is 11.1 Å². The Bertz CT molecular complexity index is 286. The van der Waals surface area contributed by atoms with E-state index in [4.69, 9.17) is 18.0 Å². The fraction of sp³-hybridized carbons (Fsp3) is 0.818. The van der Waals surface area contributed by atoms with Gasteiger partial charge in [0.15, 0.2) is 0 Å². The van der Waals surface area contributed by atoms with Crippen molar-refractivity contribution in [2.45, 2.75) is 25.4 Å². The van der Waals surface area contributed by atoms with Crippen LogP contribution in [0.1, 0.15) is 19.3 Å². The first-order valence-electron chi connectivity index (χ1n) is 5.91. The van der Waals surface area contributed by atoms with Crippen LogP contribution in [0.3, 0.4) is 0 Å². The van der Waals surface area contributed by atoms with Gasteiger partial charge < -0.3 is 20.6 Å². The number of nitrogens with zero attached hydrogens (tertiary/aromatic N) is 2. The van der Waals surface area contributed by atoms with Gasteiger partial charge in [0.1, 0.15) is 0 Å². The molecule has 98 valence electrons. The van der Waals surface area contributed by atoms with Gasteiger partial charge in [0.2, 0.25) is 5.91 Å². The van der Waals surface area contributed by atoms with Gasteiger partial charge in [0.25, 0.3) is 0 Å². The number of thiocarbonyl (C=S) groups is 1. The molecule has 1 atom stereocenters. The van der Waals surface area contributed by atoms with Crippen LogP contribution in [0.4, 0.5) is 0 Å². The number of hydrogen-bond donors (Lipinski definition) is 2. The van der Waals surface area contributed by atoms with Crippen LogP contribution >= 0.6 is 12.2 Å². The Morgan fingerprint density at radius 2 is 2.29 bits per heavy atom. The van der Waals surface area contributed by atoms with Gasteiger partial charge in [-0.1, -0.05) is 12.2 Å². The molecule has 5 nitrogen and oxygen atoms in total. The number of aliphatic hydroxyl groups excluding tert-OH is 1. The molecule has 1 aliphatic rings. The molecule has 0 aliphatic carbocycles. The second-order valence-electron chi connectivity index (χ2n) is 4.52. The molecule has 0 saturated carbocycles. The Kier molecular flexibility index (Phi) is 5.80. The van der Waals surface area contributed by atoms with Crippen LogP contribution in [0, 0.1) is 0 Å². The fourth-order valence-corrected chi connectivity index (χ4v) is 1.95. The van der Waals surface area contributed by atoms with Gasteiger partial charge in [-0.2, -0.15) is 0 Å². The van der Waals surface area contributed by atoms with E-state index < -0.39 is 0 Å². The van der Waals surface area contributed by atoms with Crippen LogP contribution in [-0.2, 0) is 4.79 Å². The van der Waals surface area contributed by atoms with Crippen molar-refractivity contribution in [2.24, 2.45) is 5.73 Å². The highest BCUT2D eigenvalue weighted by molar-refractivity contribution is 7.80. The van der Waals surface area contributed by atoms with E-state index in [0.717, 1.165) is 13.0 Å². The molecule has 0 aromatic carbocycles. The van der Waals surface area contributed by atoms with Crippen molar-refractivity contribution in [3.8, 4) is 0 Å². The molecule has 17 heavy (non-hydrogen) atoms. The van der Waals surface area contributed by atoms with E-state index in [2.05, 4.69) is 4.90 Å². The Hall–Kier alpha value is -0.720. The van der Waals surface area contributed by atoms with E-state index in [9.17, 15) is 9.90 Å². The minimum Gasteiger partial charge on any atom is -0.393 e. The zero-order valence-electron chi connectivity index (χ0n) is 10.3. The average molecular weight is 259 g/mol. The number of carbonyl (C=O) groups is 1. The summed E-state index contributed by atoms with van der Waals surface area (Å²) in [6.45, 7) is 2.86. The third-order valence-electron chi connectivity index (χ3n) is 3.01. The van der Waals surface area contributed by atoms with Crippen molar-refractivity contribution in [2.75, 3.05) is 33.2 Å². The molecule has 1 fully saturated rings. The lowest BCUT2D eigenvalue weighted by Gasteiger charge is -2.19. The van der Waals surface area contributed by atoms with Gasteiger partial charge in [-0.05, 0) is 6.42 Å². The molecule has 1 heterocycles. The predicted molar refractivity (Wildman–Crippen MR) is 70.7 cm³/mol. The minimum atomic E-state index is -0.225. The van der Waals surface area contributed by atoms with Crippen molar-refractivity contribution in [3.05, 3.63) is 0 Å². The number of rotatable bonds is 6. The third kappa shape index (κ3) is 5.43. The van der Waals surface area contributed by atoms with Gasteiger partial charge in [-0.15, -0.1) is 0 Å². The second kappa shape index (κ2) is 6.88. The zero-order chi connectivity index (χ0) is 12.8. The fourth-order valence-electron chi connectivity index (χ4n) is 1.86. The van der Waals surface area contributed by atoms with Crippen LogP contribution in [0.15, 0.2) is 0 Å². The topological polar surface area (TPSA) is 69.8 Å². The molecule has 1 amide bonds. The van der Waals surface area contributed by atoms with Gasteiger partial charge >= 0.3 is 0 Å². The van der Waals surface area contributed by atoms with Gasteiger partial charge in [-0.25, -0.2) is 0 Å². The maximum atomic E-state index is 11.7. The van der Waals surface area contributed by atoms with E-state index in [1.165, 1.54) is 0 Å². The summed E-state index contributed by atoms with van der Waals surface area (Å²) in [6.07, 6.45) is 1.64. The molecule has 6 heteroatoms. The van der Waals surface area contributed by atoms with Crippen LogP contribution in [0.25, 0.3) is 0 Å². The number of aliphatic hydroxyl groups is 1. The van der Waals surface area contributed by atoms with E-state index in [1.54, 1.807) is 11.9 Å². The molecule has 1 rings (SSSR count). The second-order valence-corrected chi connectivity index (χ2v) is 5.05. The SMILES string of the molecule is CN(CCC(N)=S)C(=O)CCN1CCC(O)C1. The first-order chi connectivity index (χ1) is 7.99. The van der Waals surface area contributed by atoms with E-state index in [1.807, 2.05) is 0 Å². The van der Waals surface area contributed by atoms with Gasteiger partial charge in [-0.3, -0.25) is 4.79 Å². The Morgan fingerprint density at radius 1 is 1.59 bits per heavy atom. The van der Waals surface area contributed by atoms with Crippen molar-refractivity contribution in [1.82, 2.24) is 9.80 Å². The van der Waals surface area contributed by atoms with Crippen molar-refractivity contribution >= 4 is 23.1 Å². The van der Waals surface area contributed by atoms with E-state index in [-0.39, 0.29) is 12.0 Å². The van der Waals surface area contributed by atoms with Crippen LogP contribution in [0.2, 0.25) is 0 Å². The quantitative estimate of drug-likeness (QED) is 0.634. The first-order valence-corrected chi connectivity index (χ1v) is 6.32. The zero-order valence-corrected chi connectivity index (χ0v) is 11.1. The number of likely N-dealkylation sites (tertiary alicyclic amines) is 1. The lowest BCUT2D eigenvalue weighted by molar-refractivity contribution is -0.130. The van der Waals surface area contributed by atoms with Crippen LogP contribution in [-0.4, -0.2) is 65.1 Å². The Labute approximate surface area is 108 Å². The summed E-state index contributed by atoms with van der Waals surface area (Å²) in [7, 11) is 1.76. The highest BCUT2D eigenvalue weighted by Gasteiger charge is 2.20. The largest absolute Gasteiger partial charge is 0.393 e. The van der Waals surface area contributed by atoms with Crippen molar-refractivity contribution in [3.63, 3.8) is 0 Å². The predicted octanol–water partition coefficient (Wildman–Crippen LogP) is -0.422. The molecule has 0 aromatic rings. The number of carbonyl (C=O) groups excluding carboxylic acids is 1. The third-order valence-corrected chi connectivity index (χ3v) is 3.21. The number of nitrogens with two attached hydrogens (primary N) is 1. The molecule has 1 saturated heterocycles. The Morgan fingerprint density at radius 3 is 2.82 bits per heavy atom. The molecule has 0 aromatic heterocycles. The Balaban J connectivity index is 2.17. The van der Waals surface area contributed by atoms with Crippen LogP contribution in [0.5, 0.6) is 0 Å². The first kappa shape index (κ1) is 14.3. The summed E-state index contributed by atoms with van der Waals surface area (Å²) in [6, 6.07) is 0. The molecular weight excluding hydrogens is 238 g/mol. The van der Waals surface area contributed by atoms with Crippen LogP contribution < -0.4 is 5.73 Å².